The lowest BCUT2D eigenvalue weighted by Gasteiger charge is -2.07. The van der Waals surface area contributed by atoms with E-state index in [-0.39, 0.29) is 17.6 Å². The van der Waals surface area contributed by atoms with E-state index in [2.05, 4.69) is 4.98 Å². The van der Waals surface area contributed by atoms with Crippen molar-refractivity contribution in [1.82, 2.24) is 4.98 Å². The van der Waals surface area contributed by atoms with Gasteiger partial charge < -0.3 is 22.4 Å². The molecule has 1 rings (SSSR count). The molecule has 0 bridgehead atoms. The number of aromatic nitrogens is 2. The summed E-state index contributed by atoms with van der Waals surface area (Å²) in [5.41, 5.74) is 15.5. The molecule has 0 aromatic carbocycles. The first-order chi connectivity index (χ1) is 4.61. The zero-order valence-corrected chi connectivity index (χ0v) is 5.11. The number of hydrogen-bond donors (Lipinski definition) is 3. The molecule has 0 saturated carbocycles. The summed E-state index contributed by atoms with van der Waals surface area (Å²) in [6, 6.07) is 1.24. The molecule has 0 aliphatic carbocycles. The van der Waals surface area contributed by atoms with Crippen LogP contribution in [0.2, 0.25) is 0 Å². The number of nitrogens with zero attached hydrogens (tertiary/aromatic N) is 2. The maximum absolute atomic E-state index is 10.7. The number of anilines is 3. The van der Waals surface area contributed by atoms with E-state index in [1.165, 1.54) is 6.07 Å². The maximum Gasteiger partial charge on any atom is 0.346 e. The van der Waals surface area contributed by atoms with E-state index in [4.69, 9.17) is 17.2 Å². The summed E-state index contributed by atoms with van der Waals surface area (Å²) in [7, 11) is 0. The van der Waals surface area contributed by atoms with Gasteiger partial charge in [0, 0.05) is 0 Å². The largest absolute Gasteiger partial charge is 0.754 e. The fraction of sp³-hybridized carbons (Fsp3) is 0. The van der Waals surface area contributed by atoms with E-state index < -0.39 is 0 Å². The average Bonchev–Trinajstić information content (AvgIpc) is 1.82. The standard InChI is InChI=1S/C4H7N5O/c5-2-1-3(6)9(10)4(7)8-2/h1H,6H2,(H4,5,7,8). The molecule has 6 N–H and O–H groups in total. The molecule has 1 heterocycles. The van der Waals surface area contributed by atoms with Gasteiger partial charge in [-0.25, -0.2) is 4.73 Å². The van der Waals surface area contributed by atoms with Crippen LogP contribution in [0.15, 0.2) is 6.07 Å². The fourth-order valence-corrected chi connectivity index (χ4v) is 0.552. The van der Waals surface area contributed by atoms with Crippen molar-refractivity contribution in [2.45, 2.75) is 0 Å². The van der Waals surface area contributed by atoms with Crippen LogP contribution in [0.25, 0.3) is 0 Å². The van der Waals surface area contributed by atoms with Gasteiger partial charge in [0.05, 0.1) is 6.07 Å². The van der Waals surface area contributed by atoms with Crippen LogP contribution in [0.1, 0.15) is 0 Å². The number of rotatable bonds is 0. The smallest absolute Gasteiger partial charge is 0.346 e. The van der Waals surface area contributed by atoms with Gasteiger partial charge in [0.15, 0.2) is 11.6 Å². The first-order valence-corrected chi connectivity index (χ1v) is 2.52. The van der Waals surface area contributed by atoms with Crippen LogP contribution in [0.4, 0.5) is 17.6 Å². The highest BCUT2D eigenvalue weighted by Crippen LogP contribution is 2.01. The Morgan fingerprint density at radius 1 is 1.40 bits per heavy atom. The maximum atomic E-state index is 10.7. The highest BCUT2D eigenvalue weighted by Gasteiger charge is 2.02. The van der Waals surface area contributed by atoms with Crippen molar-refractivity contribution in [1.29, 1.82) is 0 Å². The van der Waals surface area contributed by atoms with E-state index in [1.54, 1.807) is 0 Å². The van der Waals surface area contributed by atoms with Crippen LogP contribution in [0, 0.1) is 5.21 Å². The third kappa shape index (κ3) is 0.859. The first kappa shape index (κ1) is 6.40. The lowest BCUT2D eigenvalue weighted by molar-refractivity contribution is -0.576. The van der Waals surface area contributed by atoms with Crippen LogP contribution in [-0.4, -0.2) is 4.98 Å². The minimum Gasteiger partial charge on any atom is -0.754 e. The average molecular weight is 141 g/mol. The van der Waals surface area contributed by atoms with Crippen LogP contribution in [0.5, 0.6) is 0 Å². The zero-order chi connectivity index (χ0) is 7.72. The minimum absolute atomic E-state index is 0.0509. The quantitative estimate of drug-likeness (QED) is 0.299. The van der Waals surface area contributed by atoms with Gasteiger partial charge in [-0.15, -0.1) is 0 Å². The highest BCUT2D eigenvalue weighted by molar-refractivity contribution is 5.39. The van der Waals surface area contributed by atoms with Gasteiger partial charge in [-0.05, 0) is 0 Å². The predicted octanol–water partition coefficient (Wildman–Crippen LogP) is -1.54. The Kier molecular flexibility index (Phi) is 1.22. The first-order valence-electron chi connectivity index (χ1n) is 2.52. The van der Waals surface area contributed by atoms with Crippen molar-refractivity contribution in [2.75, 3.05) is 17.2 Å². The monoisotopic (exact) mass is 141 g/mol. The molecule has 54 valence electrons. The topological polar surface area (TPSA) is 118 Å². The second-order valence-electron chi connectivity index (χ2n) is 1.76. The summed E-state index contributed by atoms with van der Waals surface area (Å²) in [6.07, 6.45) is 0. The summed E-state index contributed by atoms with van der Waals surface area (Å²) in [4.78, 5) is 3.46. The zero-order valence-electron chi connectivity index (χ0n) is 5.11. The van der Waals surface area contributed by atoms with Gasteiger partial charge >= 0.3 is 5.95 Å². The van der Waals surface area contributed by atoms with Gasteiger partial charge in [-0.1, -0.05) is 4.98 Å². The minimum atomic E-state index is -0.238. The molecule has 0 radical (unpaired) electrons. The van der Waals surface area contributed by atoms with Crippen LogP contribution < -0.4 is 21.9 Å². The van der Waals surface area contributed by atoms with Crippen LogP contribution in [-0.2, 0) is 0 Å². The number of hydrogen-bond acceptors (Lipinski definition) is 5. The molecule has 1 aromatic rings. The fourth-order valence-electron chi connectivity index (χ4n) is 0.552. The summed E-state index contributed by atoms with van der Waals surface area (Å²) in [6.45, 7) is 0. The van der Waals surface area contributed by atoms with Crippen LogP contribution in [0.3, 0.4) is 0 Å². The van der Waals surface area contributed by atoms with Gasteiger partial charge in [0.25, 0.3) is 0 Å². The predicted molar refractivity (Wildman–Crippen MR) is 36.4 cm³/mol. The van der Waals surface area contributed by atoms with Gasteiger partial charge in [-0.3, -0.25) is 0 Å². The van der Waals surface area contributed by atoms with Crippen molar-refractivity contribution in [3.63, 3.8) is 0 Å². The Balaban J connectivity index is 3.31. The number of nitrogen functional groups attached to an aromatic ring is 3. The number of nitrogens with two attached hydrogens (primary N) is 3. The summed E-state index contributed by atoms with van der Waals surface area (Å²) in [5.74, 6) is -0.149. The van der Waals surface area contributed by atoms with E-state index in [0.717, 1.165) is 0 Å². The molecule has 0 spiro atoms. The van der Waals surface area contributed by atoms with Crippen molar-refractivity contribution in [2.24, 2.45) is 0 Å². The highest BCUT2D eigenvalue weighted by atomic mass is 16.5. The third-order valence-corrected chi connectivity index (χ3v) is 0.982. The summed E-state index contributed by atoms with van der Waals surface area (Å²) < 4.78 is 0.302. The van der Waals surface area contributed by atoms with Gasteiger partial charge in [0.2, 0.25) is 0 Å². The Bertz CT molecular complexity index is 237. The molecule has 6 nitrogen and oxygen atoms in total. The molecule has 0 amide bonds. The van der Waals surface area contributed by atoms with Crippen molar-refractivity contribution in [3.8, 4) is 0 Å². The lowest BCUT2D eigenvalue weighted by Crippen LogP contribution is -2.35. The van der Waals surface area contributed by atoms with E-state index in [9.17, 15) is 5.21 Å². The Morgan fingerprint density at radius 3 is 2.50 bits per heavy atom. The van der Waals surface area contributed by atoms with E-state index >= 15 is 0 Å². The molecule has 6 heteroatoms. The van der Waals surface area contributed by atoms with E-state index in [0.29, 0.717) is 4.73 Å². The molecular weight excluding hydrogens is 134 g/mol. The van der Waals surface area contributed by atoms with Crippen molar-refractivity contribution < 1.29 is 4.73 Å². The molecule has 0 fully saturated rings. The molecule has 0 unspecified atom stereocenters. The van der Waals surface area contributed by atoms with Crippen molar-refractivity contribution >= 4 is 17.6 Å². The molecule has 0 aliphatic heterocycles. The van der Waals surface area contributed by atoms with E-state index in [1.807, 2.05) is 0 Å². The normalized spacial score (nSPS) is 9.60. The summed E-state index contributed by atoms with van der Waals surface area (Å²) >= 11 is 0. The molecule has 0 atom stereocenters. The van der Waals surface area contributed by atoms with Crippen molar-refractivity contribution in [3.05, 3.63) is 11.3 Å². The van der Waals surface area contributed by atoms with Crippen LogP contribution >= 0.6 is 0 Å². The molecule has 1 aromatic heterocycles. The summed E-state index contributed by atoms with van der Waals surface area (Å²) in [5, 5.41) is 10.7. The van der Waals surface area contributed by atoms with Gasteiger partial charge in [-0.2, -0.15) is 0 Å². The molecular formula is C4H7N5O. The molecule has 0 aliphatic rings. The Hall–Kier alpha value is -1.72. The molecule has 10 heavy (non-hydrogen) atoms. The Morgan fingerprint density at radius 2 is 2.00 bits per heavy atom. The Labute approximate surface area is 56.8 Å². The SMILES string of the molecule is Nc1cc(N)[n+]([O-])c(N)n1. The second kappa shape index (κ2) is 1.90. The third-order valence-electron chi connectivity index (χ3n) is 0.982. The van der Waals surface area contributed by atoms with Gasteiger partial charge in [0.1, 0.15) is 0 Å². The molecule has 0 saturated heterocycles. The second-order valence-corrected chi connectivity index (χ2v) is 1.76. The lowest BCUT2D eigenvalue weighted by atomic mass is 10.5.